The van der Waals surface area contributed by atoms with Crippen molar-refractivity contribution in [1.82, 2.24) is 0 Å². The molecule has 1 fully saturated rings. The molecule has 0 N–H and O–H groups in total. The van der Waals surface area contributed by atoms with Crippen LogP contribution in [0.15, 0.2) is 0 Å². The van der Waals surface area contributed by atoms with Gasteiger partial charge in [0, 0.05) is 6.42 Å². The number of hydrogen-bond acceptors (Lipinski definition) is 6. The quantitative estimate of drug-likeness (QED) is 0.176. The van der Waals surface area contributed by atoms with Crippen molar-refractivity contribution in [1.29, 1.82) is 0 Å². The molecule has 0 saturated carbocycles. The Morgan fingerprint density at radius 3 is 2.00 bits per heavy atom. The number of hydrogen-bond donors (Lipinski definition) is 0. The molecular weight excluding hydrogens is 348 g/mol. The average Bonchev–Trinajstić information content (AvgIpc) is 3.39. The standard InChI is InChI=1S/C21H38O6/c1-6-8-10-12-14-17(16-20(3,4)5)18(22)24-25-19(23)21(26-27-21)15-13-11-9-7-2/h17H,6-16H2,1-5H3. The highest BCUT2D eigenvalue weighted by Gasteiger charge is 2.59. The van der Waals surface area contributed by atoms with Crippen molar-refractivity contribution >= 4 is 11.9 Å². The van der Waals surface area contributed by atoms with E-state index in [0.29, 0.717) is 12.8 Å². The third kappa shape index (κ3) is 9.56. The molecule has 27 heavy (non-hydrogen) atoms. The summed E-state index contributed by atoms with van der Waals surface area (Å²) in [5, 5.41) is 0. The van der Waals surface area contributed by atoms with Gasteiger partial charge in [-0.15, -0.1) is 0 Å². The van der Waals surface area contributed by atoms with E-state index in [1.165, 1.54) is 0 Å². The maximum absolute atomic E-state index is 12.5. The molecule has 1 aliphatic rings. The third-order valence-electron chi connectivity index (χ3n) is 4.75. The topological polar surface area (TPSA) is 77.7 Å². The molecule has 0 aliphatic carbocycles. The average molecular weight is 387 g/mol. The summed E-state index contributed by atoms with van der Waals surface area (Å²) in [6.45, 7) is 10.5. The van der Waals surface area contributed by atoms with Gasteiger partial charge in [0.15, 0.2) is 0 Å². The van der Waals surface area contributed by atoms with E-state index in [1.54, 1.807) is 0 Å². The predicted molar refractivity (Wildman–Crippen MR) is 102 cm³/mol. The van der Waals surface area contributed by atoms with Crippen molar-refractivity contribution in [2.45, 2.75) is 111 Å². The smallest absolute Gasteiger partial charge is 0.247 e. The van der Waals surface area contributed by atoms with Gasteiger partial charge in [-0.3, -0.25) is 0 Å². The zero-order valence-electron chi connectivity index (χ0n) is 17.8. The largest absolute Gasteiger partial charge is 0.420 e. The second-order valence-corrected chi connectivity index (χ2v) is 8.81. The molecule has 0 aromatic heterocycles. The molecule has 1 aliphatic heterocycles. The van der Waals surface area contributed by atoms with Gasteiger partial charge in [0.25, 0.3) is 0 Å². The van der Waals surface area contributed by atoms with E-state index >= 15 is 0 Å². The first-order chi connectivity index (χ1) is 12.7. The van der Waals surface area contributed by atoms with Crippen LogP contribution in [-0.2, 0) is 29.1 Å². The number of unbranched alkanes of at least 4 members (excludes halogenated alkanes) is 6. The second-order valence-electron chi connectivity index (χ2n) is 8.81. The number of carbonyl (C=O) groups is 2. The summed E-state index contributed by atoms with van der Waals surface area (Å²) in [4.78, 5) is 43.9. The van der Waals surface area contributed by atoms with E-state index in [9.17, 15) is 9.59 Å². The van der Waals surface area contributed by atoms with Crippen LogP contribution in [0.25, 0.3) is 0 Å². The van der Waals surface area contributed by atoms with Crippen molar-refractivity contribution < 1.29 is 29.1 Å². The lowest BCUT2D eigenvalue weighted by molar-refractivity contribution is -0.267. The van der Waals surface area contributed by atoms with Gasteiger partial charge in [0.05, 0.1) is 5.92 Å². The number of carbonyl (C=O) groups excluding carboxylic acids is 2. The fourth-order valence-electron chi connectivity index (χ4n) is 3.16. The summed E-state index contributed by atoms with van der Waals surface area (Å²) in [5.41, 5.74) is -0.0122. The Bertz CT molecular complexity index is 450. The highest BCUT2D eigenvalue weighted by Crippen LogP contribution is 2.37. The predicted octanol–water partition coefficient (Wildman–Crippen LogP) is 5.64. The van der Waals surface area contributed by atoms with Crippen LogP contribution in [0.2, 0.25) is 0 Å². The van der Waals surface area contributed by atoms with Crippen LogP contribution in [0.5, 0.6) is 0 Å². The zero-order valence-corrected chi connectivity index (χ0v) is 17.8. The Kier molecular flexibility index (Phi) is 10.3. The van der Waals surface area contributed by atoms with Crippen LogP contribution in [0.4, 0.5) is 0 Å². The highest BCUT2D eigenvalue weighted by molar-refractivity contribution is 5.80. The Morgan fingerprint density at radius 2 is 1.48 bits per heavy atom. The van der Waals surface area contributed by atoms with Gasteiger partial charge in [-0.2, -0.15) is 9.78 Å². The van der Waals surface area contributed by atoms with Gasteiger partial charge in [0.1, 0.15) is 0 Å². The Morgan fingerprint density at radius 1 is 0.889 bits per heavy atom. The molecule has 158 valence electrons. The van der Waals surface area contributed by atoms with Crippen LogP contribution in [0, 0.1) is 11.3 Å². The molecule has 0 aromatic carbocycles. The summed E-state index contributed by atoms with van der Waals surface area (Å²) in [6.07, 6.45) is 10.2. The van der Waals surface area contributed by atoms with E-state index in [-0.39, 0.29) is 11.3 Å². The van der Waals surface area contributed by atoms with E-state index in [4.69, 9.17) is 19.6 Å². The fraction of sp³-hybridized carbons (Fsp3) is 0.905. The maximum Gasteiger partial charge on any atom is 0.420 e. The zero-order chi connectivity index (χ0) is 20.3. The van der Waals surface area contributed by atoms with Gasteiger partial charge >= 0.3 is 17.7 Å². The fourth-order valence-corrected chi connectivity index (χ4v) is 3.16. The highest BCUT2D eigenvalue weighted by atomic mass is 17.4. The Balaban J connectivity index is 2.45. The van der Waals surface area contributed by atoms with Crippen LogP contribution in [-0.4, -0.2) is 17.7 Å². The van der Waals surface area contributed by atoms with Gasteiger partial charge in [-0.05, 0) is 24.7 Å². The third-order valence-corrected chi connectivity index (χ3v) is 4.75. The van der Waals surface area contributed by atoms with Gasteiger partial charge < -0.3 is 0 Å². The molecule has 1 rings (SSSR count). The molecule has 0 bridgehead atoms. The van der Waals surface area contributed by atoms with E-state index < -0.39 is 17.7 Å². The summed E-state index contributed by atoms with van der Waals surface area (Å²) in [7, 11) is 0. The molecular formula is C21H38O6. The van der Waals surface area contributed by atoms with Crippen molar-refractivity contribution in [2.24, 2.45) is 11.3 Å². The molecule has 1 saturated heterocycles. The maximum atomic E-state index is 12.5. The van der Waals surface area contributed by atoms with Crippen molar-refractivity contribution in [3.8, 4) is 0 Å². The lowest BCUT2D eigenvalue weighted by Gasteiger charge is -2.24. The lowest BCUT2D eigenvalue weighted by atomic mass is 9.82. The van der Waals surface area contributed by atoms with Crippen LogP contribution >= 0.6 is 0 Å². The van der Waals surface area contributed by atoms with Crippen LogP contribution in [0.1, 0.15) is 105 Å². The summed E-state index contributed by atoms with van der Waals surface area (Å²) >= 11 is 0. The van der Waals surface area contributed by atoms with Crippen LogP contribution in [0.3, 0.4) is 0 Å². The first-order valence-electron chi connectivity index (χ1n) is 10.5. The van der Waals surface area contributed by atoms with Crippen molar-refractivity contribution in [3.05, 3.63) is 0 Å². The summed E-state index contributed by atoms with van der Waals surface area (Å²) in [5.74, 6) is -2.94. The molecule has 6 nitrogen and oxygen atoms in total. The molecule has 0 aromatic rings. The molecule has 1 atom stereocenters. The van der Waals surface area contributed by atoms with Crippen molar-refractivity contribution in [3.63, 3.8) is 0 Å². The van der Waals surface area contributed by atoms with E-state index in [0.717, 1.165) is 57.8 Å². The monoisotopic (exact) mass is 386 g/mol. The minimum absolute atomic E-state index is 0.0122. The second kappa shape index (κ2) is 11.6. The summed E-state index contributed by atoms with van der Waals surface area (Å²) in [6, 6.07) is 0. The molecule has 0 spiro atoms. The number of rotatable bonds is 13. The van der Waals surface area contributed by atoms with Gasteiger partial charge in [0.2, 0.25) is 0 Å². The normalized spacial score (nSPS) is 16.6. The lowest BCUT2D eigenvalue weighted by Crippen LogP contribution is -2.30. The molecule has 0 amide bonds. The van der Waals surface area contributed by atoms with Crippen LogP contribution < -0.4 is 0 Å². The van der Waals surface area contributed by atoms with Gasteiger partial charge in [-0.25, -0.2) is 19.4 Å². The first kappa shape index (κ1) is 23.9. The van der Waals surface area contributed by atoms with Crippen molar-refractivity contribution in [2.75, 3.05) is 0 Å². The molecule has 1 heterocycles. The molecule has 1 unspecified atom stereocenters. The first-order valence-corrected chi connectivity index (χ1v) is 10.5. The van der Waals surface area contributed by atoms with Gasteiger partial charge in [-0.1, -0.05) is 79.6 Å². The Labute approximate surface area is 164 Å². The van der Waals surface area contributed by atoms with E-state index in [2.05, 4.69) is 34.6 Å². The Hall–Kier alpha value is -1.14. The minimum atomic E-state index is -1.38. The summed E-state index contributed by atoms with van der Waals surface area (Å²) < 4.78 is 0. The SMILES string of the molecule is CCCCCCC(CC(C)(C)C)C(=O)OOC(=O)C1(CCCCCC)OO1. The molecule has 0 radical (unpaired) electrons. The molecule has 6 heteroatoms. The van der Waals surface area contributed by atoms with E-state index in [1.807, 2.05) is 0 Å². The minimum Gasteiger partial charge on any atom is -0.247 e.